The maximum atomic E-state index is 12.8. The minimum atomic E-state index is -0.667. The largest absolute Gasteiger partial charge is 0.459 e. The highest BCUT2D eigenvalue weighted by Gasteiger charge is 2.26. The number of nitrogens with zero attached hydrogens (tertiary/aromatic N) is 5. The van der Waals surface area contributed by atoms with Crippen LogP contribution in [-0.4, -0.2) is 127 Å². The molecule has 0 N–H and O–H groups in total. The van der Waals surface area contributed by atoms with E-state index in [0.717, 1.165) is 0 Å². The van der Waals surface area contributed by atoms with Gasteiger partial charge in [-0.25, -0.2) is 0 Å². The third-order valence-electron chi connectivity index (χ3n) is 6.50. The van der Waals surface area contributed by atoms with Crippen molar-refractivity contribution in [2.45, 2.75) is 59.7 Å². The quantitative estimate of drug-likeness (QED) is 0.176. The normalized spacial score (nSPS) is 17.0. The molecule has 0 bridgehead atoms. The zero-order chi connectivity index (χ0) is 32.4. The number of ether oxygens (including phenoxy) is 2. The summed E-state index contributed by atoms with van der Waals surface area (Å²) in [5.74, 6) is -0.797. The lowest BCUT2D eigenvalue weighted by atomic mass is 10.1. The second-order valence-corrected chi connectivity index (χ2v) is 12.8. The predicted octanol–water partition coefficient (Wildman–Crippen LogP) is 2.41. The Bertz CT molecular complexity index is 1140. The van der Waals surface area contributed by atoms with Gasteiger partial charge in [0.2, 0.25) is 0 Å². The molecule has 0 unspecified atom stereocenters. The van der Waals surface area contributed by atoms with Crippen molar-refractivity contribution in [2.75, 3.05) is 76.9 Å². The average Bonchev–Trinajstić information content (AvgIpc) is 2.85. The molecule has 2 rings (SSSR count). The average molecular weight is 606 g/mol. The van der Waals surface area contributed by atoms with Gasteiger partial charge in [-0.05, 0) is 60.6 Å². The minimum Gasteiger partial charge on any atom is -0.459 e. The highest BCUT2D eigenvalue weighted by atomic mass is 16.6. The zero-order valence-electron chi connectivity index (χ0n) is 26.6. The Kier molecular flexibility index (Phi) is 13.2. The summed E-state index contributed by atoms with van der Waals surface area (Å²) in [4.78, 5) is 68.0. The zero-order valence-corrected chi connectivity index (χ0v) is 26.6. The molecule has 0 radical (unpaired) electrons. The second-order valence-electron chi connectivity index (χ2n) is 12.8. The SMILES string of the molecule is CC(=O)CN1CCN(CC(=O)OC(C)(C)C)CCN(CC(=O)OC(C)(C)C)CCN(c2ccc(C=O)cc2[N+](=O)[O-])CC1. The molecule has 1 heterocycles. The number of nitro groups is 1. The van der Waals surface area contributed by atoms with Crippen molar-refractivity contribution in [1.29, 1.82) is 0 Å². The highest BCUT2D eigenvalue weighted by molar-refractivity contribution is 5.80. The van der Waals surface area contributed by atoms with E-state index >= 15 is 0 Å². The van der Waals surface area contributed by atoms with E-state index in [9.17, 15) is 29.3 Å². The number of hydrogen-bond donors (Lipinski definition) is 0. The van der Waals surface area contributed by atoms with Crippen LogP contribution in [0.4, 0.5) is 11.4 Å². The lowest BCUT2D eigenvalue weighted by molar-refractivity contribution is -0.384. The van der Waals surface area contributed by atoms with Crippen LogP contribution in [-0.2, 0) is 23.9 Å². The standard InChI is InChI=1S/C30H47N5O8/c1-23(37)19-31-10-11-32(20-27(38)42-29(2,3)4)12-13-33(21-28(39)43-30(5,6)7)15-17-34(16-14-31)25-9-8-24(22-36)18-26(25)35(40)41/h8-9,18,22H,10-17,19-21H2,1-7H3. The number of aldehydes is 1. The Morgan fingerprint density at radius 2 is 1.21 bits per heavy atom. The molecule has 240 valence electrons. The smallest absolute Gasteiger partial charge is 0.320 e. The van der Waals surface area contributed by atoms with E-state index in [2.05, 4.69) is 0 Å². The molecular weight excluding hydrogens is 558 g/mol. The Balaban J connectivity index is 2.40. The molecule has 0 aromatic heterocycles. The first-order valence-corrected chi connectivity index (χ1v) is 14.5. The molecule has 1 fully saturated rings. The maximum absolute atomic E-state index is 12.8. The second kappa shape index (κ2) is 15.9. The molecule has 0 atom stereocenters. The first-order valence-electron chi connectivity index (χ1n) is 14.5. The van der Waals surface area contributed by atoms with Crippen LogP contribution in [0, 0.1) is 10.1 Å². The summed E-state index contributed by atoms with van der Waals surface area (Å²) in [5.41, 5.74) is -0.960. The van der Waals surface area contributed by atoms with Crippen LogP contribution in [0.2, 0.25) is 0 Å². The molecule has 1 aromatic carbocycles. The van der Waals surface area contributed by atoms with Gasteiger partial charge in [0.25, 0.3) is 5.69 Å². The lowest BCUT2D eigenvalue weighted by Crippen LogP contribution is -2.49. The third-order valence-corrected chi connectivity index (χ3v) is 6.50. The summed E-state index contributed by atoms with van der Waals surface area (Å²) >= 11 is 0. The van der Waals surface area contributed by atoms with Crippen molar-refractivity contribution in [3.05, 3.63) is 33.9 Å². The van der Waals surface area contributed by atoms with Crippen molar-refractivity contribution in [1.82, 2.24) is 14.7 Å². The Morgan fingerprint density at radius 3 is 1.58 bits per heavy atom. The number of rotatable bonds is 9. The number of carbonyl (C=O) groups excluding carboxylic acids is 4. The number of hydrogen-bond acceptors (Lipinski definition) is 12. The van der Waals surface area contributed by atoms with Crippen molar-refractivity contribution in [2.24, 2.45) is 0 Å². The topological polar surface area (TPSA) is 143 Å². The fourth-order valence-corrected chi connectivity index (χ4v) is 4.71. The number of esters is 2. The van der Waals surface area contributed by atoms with Gasteiger partial charge in [-0.15, -0.1) is 0 Å². The van der Waals surface area contributed by atoms with Gasteiger partial charge in [0, 0.05) is 64.0 Å². The Hall–Kier alpha value is -3.42. The van der Waals surface area contributed by atoms with Crippen LogP contribution in [0.1, 0.15) is 58.8 Å². The number of Topliss-reactive ketones (excluding diaryl/α,β-unsaturated/α-hetero) is 1. The summed E-state index contributed by atoms with van der Waals surface area (Å²) in [6.45, 7) is 15.7. The van der Waals surface area contributed by atoms with Crippen LogP contribution < -0.4 is 4.90 Å². The molecule has 0 aliphatic carbocycles. The molecule has 0 spiro atoms. The van der Waals surface area contributed by atoms with Crippen LogP contribution in [0.15, 0.2) is 18.2 Å². The Morgan fingerprint density at radius 1 is 0.791 bits per heavy atom. The molecule has 0 amide bonds. The molecule has 0 saturated carbocycles. The number of benzene rings is 1. The van der Waals surface area contributed by atoms with Crippen molar-refractivity contribution >= 4 is 35.4 Å². The summed E-state index contributed by atoms with van der Waals surface area (Å²) in [5, 5.41) is 12.0. The van der Waals surface area contributed by atoms with Gasteiger partial charge in [0.1, 0.15) is 29.0 Å². The third kappa shape index (κ3) is 13.6. The van der Waals surface area contributed by atoms with Crippen molar-refractivity contribution < 1.29 is 33.6 Å². The van der Waals surface area contributed by atoms with E-state index in [-0.39, 0.29) is 42.6 Å². The van der Waals surface area contributed by atoms with Gasteiger partial charge >= 0.3 is 11.9 Å². The number of anilines is 1. The molecule has 1 aromatic rings. The van der Waals surface area contributed by atoms with Gasteiger partial charge in [-0.2, -0.15) is 0 Å². The van der Waals surface area contributed by atoms with Gasteiger partial charge in [-0.3, -0.25) is 44.0 Å². The van der Waals surface area contributed by atoms with Crippen LogP contribution in [0.25, 0.3) is 0 Å². The molecule has 13 nitrogen and oxygen atoms in total. The monoisotopic (exact) mass is 605 g/mol. The van der Waals surface area contributed by atoms with Gasteiger partial charge in [0.05, 0.1) is 24.6 Å². The van der Waals surface area contributed by atoms with Crippen molar-refractivity contribution in [3.8, 4) is 0 Å². The van der Waals surface area contributed by atoms with E-state index in [1.807, 2.05) is 19.6 Å². The van der Waals surface area contributed by atoms with E-state index in [1.165, 1.54) is 19.1 Å². The van der Waals surface area contributed by atoms with Crippen LogP contribution >= 0.6 is 0 Å². The molecule has 43 heavy (non-hydrogen) atoms. The molecule has 1 aliphatic heterocycles. The molecular formula is C30H47N5O8. The minimum absolute atomic E-state index is 0.00593. The van der Waals surface area contributed by atoms with Crippen molar-refractivity contribution in [3.63, 3.8) is 0 Å². The summed E-state index contributed by atoms with van der Waals surface area (Å²) in [6.07, 6.45) is 0.563. The van der Waals surface area contributed by atoms with Gasteiger partial charge in [-0.1, -0.05) is 0 Å². The first-order chi connectivity index (χ1) is 20.0. The molecule has 1 saturated heterocycles. The lowest BCUT2D eigenvalue weighted by Gasteiger charge is -2.34. The number of nitro benzene ring substituents is 1. The van der Waals surface area contributed by atoms with Gasteiger partial charge in [0.15, 0.2) is 0 Å². The number of ketones is 1. The molecule has 13 heteroatoms. The maximum Gasteiger partial charge on any atom is 0.320 e. The Labute approximate surface area is 254 Å². The van der Waals surface area contributed by atoms with E-state index < -0.39 is 22.1 Å². The van der Waals surface area contributed by atoms with E-state index in [4.69, 9.17) is 9.47 Å². The summed E-state index contributed by atoms with van der Waals surface area (Å²) in [6, 6.07) is 4.34. The summed E-state index contributed by atoms with van der Waals surface area (Å²) < 4.78 is 11.1. The highest BCUT2D eigenvalue weighted by Crippen LogP contribution is 2.29. The van der Waals surface area contributed by atoms with E-state index in [1.54, 1.807) is 47.6 Å². The van der Waals surface area contributed by atoms with Crippen LogP contribution in [0.5, 0.6) is 0 Å². The van der Waals surface area contributed by atoms with Gasteiger partial charge < -0.3 is 14.4 Å². The summed E-state index contributed by atoms with van der Waals surface area (Å²) in [7, 11) is 0. The first kappa shape index (κ1) is 35.8. The predicted molar refractivity (Wildman–Crippen MR) is 162 cm³/mol. The number of carbonyl (C=O) groups is 4. The van der Waals surface area contributed by atoms with Crippen LogP contribution in [0.3, 0.4) is 0 Å². The molecule has 1 aliphatic rings. The van der Waals surface area contributed by atoms with E-state index in [0.29, 0.717) is 64.3 Å². The fourth-order valence-electron chi connectivity index (χ4n) is 4.71. The fraction of sp³-hybridized carbons (Fsp3) is 0.667.